The van der Waals surface area contributed by atoms with Crippen LogP contribution >= 0.6 is 35.0 Å². The Balaban J connectivity index is 2.29. The van der Waals surface area contributed by atoms with Crippen LogP contribution in [0.25, 0.3) is 0 Å². The number of hydrogen-bond acceptors (Lipinski definition) is 6. The summed E-state index contributed by atoms with van der Waals surface area (Å²) >= 11 is 13.5. The van der Waals surface area contributed by atoms with Crippen LogP contribution in [0.3, 0.4) is 0 Å². The Hall–Kier alpha value is -2.42. The molecule has 196 valence electrons. The lowest BCUT2D eigenvalue weighted by Crippen LogP contribution is -2.39. The van der Waals surface area contributed by atoms with Crippen molar-refractivity contribution in [2.45, 2.75) is 65.9 Å². The molecule has 0 bridgehead atoms. The van der Waals surface area contributed by atoms with E-state index >= 15 is 0 Å². The molecule has 0 aromatic heterocycles. The van der Waals surface area contributed by atoms with Gasteiger partial charge in [-0.3, -0.25) is 4.90 Å². The van der Waals surface area contributed by atoms with E-state index in [-0.39, 0.29) is 18.3 Å². The third kappa shape index (κ3) is 9.91. The maximum Gasteiger partial charge on any atom is 0.436 e. The summed E-state index contributed by atoms with van der Waals surface area (Å²) < 4.78 is 16.8. The summed E-state index contributed by atoms with van der Waals surface area (Å²) in [6.45, 7) is 10.8. The van der Waals surface area contributed by atoms with Crippen molar-refractivity contribution in [3.8, 4) is 5.75 Å². The van der Waals surface area contributed by atoms with Crippen LogP contribution < -0.4 is 4.74 Å². The Labute approximate surface area is 227 Å². The minimum absolute atomic E-state index is 0.0898. The molecule has 36 heavy (non-hydrogen) atoms. The standard InChI is InChI=1S/C26H32Cl2N2O5S/c1-25(2,3)34-23(31)29-22(36-7)30(24(32)35-26(4,5)6)15-17-10-8-12-19(14-17)33-16-18-11-9-13-20(27)21(18)28/h8-14H,15-16H2,1-7H3/b29-22+. The molecule has 0 N–H and O–H groups in total. The Morgan fingerprint density at radius 2 is 1.61 bits per heavy atom. The second-order valence-corrected chi connectivity index (χ2v) is 11.4. The first-order valence-electron chi connectivity index (χ1n) is 11.2. The van der Waals surface area contributed by atoms with Gasteiger partial charge in [-0.15, -0.1) is 0 Å². The van der Waals surface area contributed by atoms with Crippen molar-refractivity contribution >= 4 is 52.3 Å². The van der Waals surface area contributed by atoms with Gasteiger partial charge in [0.15, 0.2) is 5.17 Å². The van der Waals surface area contributed by atoms with E-state index in [2.05, 4.69) is 4.99 Å². The van der Waals surface area contributed by atoms with Gasteiger partial charge >= 0.3 is 12.2 Å². The maximum absolute atomic E-state index is 13.1. The summed E-state index contributed by atoms with van der Waals surface area (Å²) in [5.41, 5.74) is 0.0188. The molecule has 0 aliphatic rings. The van der Waals surface area contributed by atoms with Crippen molar-refractivity contribution in [2.24, 2.45) is 4.99 Å². The van der Waals surface area contributed by atoms with E-state index in [9.17, 15) is 9.59 Å². The summed E-state index contributed by atoms with van der Waals surface area (Å²) in [5, 5.41) is 1.04. The van der Waals surface area contributed by atoms with Gasteiger partial charge in [0.1, 0.15) is 23.6 Å². The molecule has 2 aromatic rings. The fourth-order valence-corrected chi connectivity index (χ4v) is 3.74. The summed E-state index contributed by atoms with van der Waals surface area (Å²) in [6.07, 6.45) is 0.279. The molecule has 0 saturated carbocycles. The van der Waals surface area contributed by atoms with Gasteiger partial charge in [-0.05, 0) is 71.6 Å². The van der Waals surface area contributed by atoms with Gasteiger partial charge < -0.3 is 14.2 Å². The van der Waals surface area contributed by atoms with Crippen LogP contribution in [0.5, 0.6) is 5.75 Å². The van der Waals surface area contributed by atoms with Crippen molar-refractivity contribution < 1.29 is 23.8 Å². The zero-order chi connectivity index (χ0) is 27.1. The van der Waals surface area contributed by atoms with Crippen LogP contribution in [-0.2, 0) is 22.6 Å². The largest absolute Gasteiger partial charge is 0.489 e. The van der Waals surface area contributed by atoms with Crippen molar-refractivity contribution in [1.82, 2.24) is 4.90 Å². The SMILES string of the molecule is CS/C(=N/C(=O)OC(C)(C)C)N(Cc1cccc(OCc2cccc(Cl)c2Cl)c1)C(=O)OC(C)(C)C. The summed E-state index contributed by atoms with van der Waals surface area (Å²) in [4.78, 5) is 30.8. The molecule has 0 fully saturated rings. The van der Waals surface area contributed by atoms with E-state index in [0.29, 0.717) is 15.8 Å². The third-order valence-electron chi connectivity index (χ3n) is 4.27. The molecule has 0 saturated heterocycles. The Bertz CT molecular complexity index is 1110. The number of amidine groups is 1. The Kier molecular flexibility index (Phi) is 10.5. The lowest BCUT2D eigenvalue weighted by atomic mass is 10.2. The normalized spacial score (nSPS) is 12.2. The number of carbonyl (C=O) groups is 2. The van der Waals surface area contributed by atoms with Crippen molar-refractivity contribution in [1.29, 1.82) is 0 Å². The number of benzene rings is 2. The van der Waals surface area contributed by atoms with E-state index in [0.717, 1.165) is 22.9 Å². The quantitative estimate of drug-likeness (QED) is 0.275. The number of amides is 2. The number of halogens is 2. The first-order valence-corrected chi connectivity index (χ1v) is 13.2. The number of carbonyl (C=O) groups excluding carboxylic acids is 2. The van der Waals surface area contributed by atoms with Gasteiger partial charge in [-0.25, -0.2) is 9.59 Å². The summed E-state index contributed by atoms with van der Waals surface area (Å²) in [6, 6.07) is 12.6. The third-order valence-corrected chi connectivity index (χ3v) is 5.81. The van der Waals surface area contributed by atoms with Crippen molar-refractivity contribution in [3.63, 3.8) is 0 Å². The molecule has 2 rings (SSSR count). The van der Waals surface area contributed by atoms with E-state index in [4.69, 9.17) is 37.4 Å². The molecule has 0 aliphatic heterocycles. The first-order chi connectivity index (χ1) is 16.7. The molecule has 0 aliphatic carbocycles. The van der Waals surface area contributed by atoms with Crippen LogP contribution in [0.2, 0.25) is 10.0 Å². The number of rotatable bonds is 5. The molecule has 7 nitrogen and oxygen atoms in total. The molecular weight excluding hydrogens is 523 g/mol. The summed E-state index contributed by atoms with van der Waals surface area (Å²) in [5.74, 6) is 0.572. The van der Waals surface area contributed by atoms with Crippen LogP contribution in [0.4, 0.5) is 9.59 Å². The van der Waals surface area contributed by atoms with Crippen molar-refractivity contribution in [3.05, 3.63) is 63.6 Å². The average Bonchev–Trinajstić information content (AvgIpc) is 2.75. The number of thioether (sulfide) groups is 1. The smallest absolute Gasteiger partial charge is 0.436 e. The van der Waals surface area contributed by atoms with Crippen LogP contribution in [0, 0.1) is 0 Å². The highest BCUT2D eigenvalue weighted by Gasteiger charge is 2.27. The lowest BCUT2D eigenvalue weighted by Gasteiger charge is -2.27. The average molecular weight is 556 g/mol. The zero-order valence-corrected chi connectivity index (χ0v) is 23.9. The van der Waals surface area contributed by atoms with Gasteiger partial charge in [0, 0.05) is 5.56 Å². The second kappa shape index (κ2) is 12.7. The zero-order valence-electron chi connectivity index (χ0n) is 21.6. The molecule has 2 aromatic carbocycles. The van der Waals surface area contributed by atoms with Gasteiger partial charge in [-0.2, -0.15) is 4.99 Å². The minimum Gasteiger partial charge on any atom is -0.489 e. The topological polar surface area (TPSA) is 77.4 Å². The van der Waals surface area contributed by atoms with Gasteiger partial charge in [0.2, 0.25) is 0 Å². The number of hydrogen-bond donors (Lipinski definition) is 0. The molecule has 10 heteroatoms. The van der Waals surface area contributed by atoms with E-state index < -0.39 is 23.4 Å². The summed E-state index contributed by atoms with van der Waals surface area (Å²) in [7, 11) is 0. The highest BCUT2D eigenvalue weighted by Crippen LogP contribution is 2.27. The van der Waals surface area contributed by atoms with Crippen LogP contribution in [-0.4, -0.2) is 39.7 Å². The molecule has 0 spiro atoms. The van der Waals surface area contributed by atoms with E-state index in [1.54, 1.807) is 78.1 Å². The first kappa shape index (κ1) is 29.8. The predicted octanol–water partition coefficient (Wildman–Crippen LogP) is 7.96. The second-order valence-electron chi connectivity index (χ2n) is 9.79. The van der Waals surface area contributed by atoms with Gasteiger partial charge in [-0.1, -0.05) is 59.2 Å². The molecule has 2 amide bonds. The Morgan fingerprint density at radius 3 is 2.22 bits per heavy atom. The number of ether oxygens (including phenoxy) is 3. The minimum atomic E-state index is -0.795. The fourth-order valence-electron chi connectivity index (χ4n) is 2.84. The predicted molar refractivity (Wildman–Crippen MR) is 146 cm³/mol. The monoisotopic (exact) mass is 554 g/mol. The Morgan fingerprint density at radius 1 is 0.972 bits per heavy atom. The number of nitrogens with zero attached hydrogens (tertiary/aromatic N) is 2. The van der Waals surface area contributed by atoms with Crippen molar-refractivity contribution in [2.75, 3.05) is 6.26 Å². The molecule has 0 radical (unpaired) electrons. The van der Waals surface area contributed by atoms with E-state index in [1.807, 2.05) is 12.1 Å². The fraction of sp³-hybridized carbons (Fsp3) is 0.423. The van der Waals surface area contributed by atoms with Crippen LogP contribution in [0.1, 0.15) is 52.7 Å². The molecule has 0 atom stereocenters. The molecule has 0 unspecified atom stereocenters. The number of aliphatic imine (C=N–C) groups is 1. The highest BCUT2D eigenvalue weighted by molar-refractivity contribution is 8.13. The van der Waals surface area contributed by atoms with Gasteiger partial charge in [0.25, 0.3) is 0 Å². The van der Waals surface area contributed by atoms with Gasteiger partial charge in [0.05, 0.1) is 16.6 Å². The molecular formula is C26H32Cl2N2O5S. The molecule has 0 heterocycles. The van der Waals surface area contributed by atoms with Crippen LogP contribution in [0.15, 0.2) is 47.5 Å². The lowest BCUT2D eigenvalue weighted by molar-refractivity contribution is 0.0363. The maximum atomic E-state index is 13.1. The highest BCUT2D eigenvalue weighted by atomic mass is 35.5. The van der Waals surface area contributed by atoms with E-state index in [1.165, 1.54) is 4.90 Å².